The van der Waals surface area contributed by atoms with Crippen molar-refractivity contribution in [2.24, 2.45) is 5.73 Å². The number of aromatic carboxylic acids is 1. The molecule has 0 bridgehead atoms. The minimum absolute atomic E-state index is 0.0654. The van der Waals surface area contributed by atoms with Crippen molar-refractivity contribution in [2.45, 2.75) is 18.6 Å². The van der Waals surface area contributed by atoms with Gasteiger partial charge in [0, 0.05) is 28.8 Å². The van der Waals surface area contributed by atoms with Crippen LogP contribution in [-0.2, 0) is 15.1 Å². The Bertz CT molecular complexity index is 1360. The third-order valence-corrected chi connectivity index (χ3v) is 5.61. The average molecular weight is 447 g/mol. The Kier molecular flexibility index (Phi) is 4.40. The molecule has 3 aromatic carbocycles. The summed E-state index contributed by atoms with van der Waals surface area (Å²) in [4.78, 5) is 36.7. The minimum Gasteiger partial charge on any atom is -0.508 e. The van der Waals surface area contributed by atoms with Crippen molar-refractivity contribution < 1.29 is 38.8 Å². The maximum absolute atomic E-state index is 13.0. The van der Waals surface area contributed by atoms with E-state index < -0.39 is 29.6 Å². The molecule has 2 atom stereocenters. The second kappa shape index (κ2) is 7.07. The number of rotatable bonds is 3. The van der Waals surface area contributed by atoms with Crippen LogP contribution in [0.15, 0.2) is 54.6 Å². The minimum atomic E-state index is -1.53. The summed E-state index contributed by atoms with van der Waals surface area (Å²) in [6, 6.07) is 12.5. The highest BCUT2D eigenvalue weighted by atomic mass is 16.6. The van der Waals surface area contributed by atoms with Gasteiger partial charge in [0.2, 0.25) is 0 Å². The number of hydrogen-bond acceptors (Lipinski definition) is 8. The summed E-state index contributed by atoms with van der Waals surface area (Å²) < 4.78 is 17.1. The summed E-state index contributed by atoms with van der Waals surface area (Å²) in [5.74, 6) is -2.26. The fourth-order valence-corrected chi connectivity index (χ4v) is 4.19. The van der Waals surface area contributed by atoms with Crippen molar-refractivity contribution in [1.29, 1.82) is 0 Å². The van der Waals surface area contributed by atoms with Crippen LogP contribution < -0.4 is 15.2 Å². The first-order valence-corrected chi connectivity index (χ1v) is 9.95. The number of esters is 2. The molecule has 0 saturated heterocycles. The molecule has 0 amide bonds. The number of nitrogens with two attached hydrogens (primary N) is 1. The molecular formula is C24H17NO8. The summed E-state index contributed by atoms with van der Waals surface area (Å²) in [7, 11) is 0. The number of carboxylic acids is 1. The van der Waals surface area contributed by atoms with Crippen LogP contribution >= 0.6 is 0 Å². The smallest absolute Gasteiger partial charge is 0.341 e. The first-order valence-electron chi connectivity index (χ1n) is 9.95. The molecule has 166 valence electrons. The topological polar surface area (TPSA) is 145 Å². The first kappa shape index (κ1) is 20.5. The quantitative estimate of drug-likeness (QED) is 0.407. The molecule has 2 heterocycles. The van der Waals surface area contributed by atoms with Crippen LogP contribution in [0.25, 0.3) is 0 Å². The van der Waals surface area contributed by atoms with Gasteiger partial charge in [0.15, 0.2) is 5.60 Å². The normalized spacial score (nSPS) is 18.4. The molecule has 0 radical (unpaired) electrons. The van der Waals surface area contributed by atoms with E-state index in [1.807, 2.05) is 0 Å². The van der Waals surface area contributed by atoms with Gasteiger partial charge in [0.1, 0.15) is 29.0 Å². The Labute approximate surface area is 186 Å². The lowest BCUT2D eigenvalue weighted by atomic mass is 9.77. The molecule has 0 aliphatic carbocycles. The third-order valence-electron chi connectivity index (χ3n) is 5.61. The molecule has 9 nitrogen and oxygen atoms in total. The van der Waals surface area contributed by atoms with Gasteiger partial charge in [-0.15, -0.1) is 0 Å². The van der Waals surface area contributed by atoms with Crippen LogP contribution in [0.4, 0.5) is 0 Å². The van der Waals surface area contributed by atoms with Gasteiger partial charge in [-0.2, -0.15) is 0 Å². The number of carbonyl (C=O) groups is 3. The molecule has 4 N–H and O–H groups in total. The van der Waals surface area contributed by atoms with Crippen molar-refractivity contribution in [3.63, 3.8) is 0 Å². The van der Waals surface area contributed by atoms with Gasteiger partial charge in [-0.1, -0.05) is 12.1 Å². The van der Waals surface area contributed by atoms with Crippen LogP contribution in [0.2, 0.25) is 0 Å². The van der Waals surface area contributed by atoms with E-state index in [1.165, 1.54) is 43.3 Å². The Morgan fingerprint density at radius 3 is 2.42 bits per heavy atom. The van der Waals surface area contributed by atoms with Crippen molar-refractivity contribution >= 4 is 17.9 Å². The van der Waals surface area contributed by atoms with E-state index in [-0.39, 0.29) is 34.1 Å². The fraction of sp³-hybridized carbons (Fsp3) is 0.125. The van der Waals surface area contributed by atoms with Gasteiger partial charge in [-0.3, -0.25) is 0 Å². The van der Waals surface area contributed by atoms with E-state index in [2.05, 4.69) is 0 Å². The highest BCUT2D eigenvalue weighted by Crippen LogP contribution is 2.57. The monoisotopic (exact) mass is 447 g/mol. The lowest BCUT2D eigenvalue weighted by Crippen LogP contribution is -2.33. The van der Waals surface area contributed by atoms with Gasteiger partial charge in [0.25, 0.3) is 0 Å². The zero-order valence-corrected chi connectivity index (χ0v) is 17.2. The summed E-state index contributed by atoms with van der Waals surface area (Å²) in [6.07, 6.45) is 0. The molecule has 0 saturated carbocycles. The second-order valence-electron chi connectivity index (χ2n) is 7.75. The van der Waals surface area contributed by atoms with Crippen molar-refractivity contribution in [1.82, 2.24) is 0 Å². The van der Waals surface area contributed by atoms with Gasteiger partial charge in [-0.05, 0) is 37.3 Å². The summed E-state index contributed by atoms with van der Waals surface area (Å²) in [6.45, 7) is 1.49. The van der Waals surface area contributed by atoms with Gasteiger partial charge in [0.05, 0.1) is 11.1 Å². The van der Waals surface area contributed by atoms with Crippen molar-refractivity contribution in [3.8, 4) is 23.0 Å². The van der Waals surface area contributed by atoms with Crippen LogP contribution in [-0.4, -0.2) is 34.2 Å². The van der Waals surface area contributed by atoms with E-state index >= 15 is 0 Å². The molecule has 1 spiro atoms. The Morgan fingerprint density at radius 1 is 1.03 bits per heavy atom. The molecule has 0 aromatic heterocycles. The van der Waals surface area contributed by atoms with Crippen molar-refractivity contribution in [2.75, 3.05) is 0 Å². The molecular weight excluding hydrogens is 430 g/mol. The predicted octanol–water partition coefficient (Wildman–Crippen LogP) is 2.91. The van der Waals surface area contributed by atoms with Gasteiger partial charge < -0.3 is 30.2 Å². The van der Waals surface area contributed by atoms with E-state index in [0.29, 0.717) is 16.7 Å². The largest absolute Gasteiger partial charge is 0.508 e. The number of carboxylic acid groups (broad SMARTS) is 1. The fourth-order valence-electron chi connectivity index (χ4n) is 4.19. The van der Waals surface area contributed by atoms with Crippen LogP contribution in [0.3, 0.4) is 0 Å². The van der Waals surface area contributed by atoms with Crippen LogP contribution in [0.5, 0.6) is 23.0 Å². The zero-order chi connectivity index (χ0) is 23.5. The molecule has 0 fully saturated rings. The molecule has 2 aliphatic rings. The molecule has 5 rings (SSSR count). The number of aromatic hydroxyl groups is 1. The highest BCUT2D eigenvalue weighted by Gasteiger charge is 2.54. The SMILES string of the molecule is C[C@H](N)C(=O)Oc1ccc2c(c1)Oc1cc(O)ccc1C21OC(=O)c2c(C(=O)O)cccc21. The molecule has 2 aliphatic heterocycles. The second-order valence-corrected chi connectivity index (χ2v) is 7.75. The zero-order valence-electron chi connectivity index (χ0n) is 17.2. The summed E-state index contributed by atoms with van der Waals surface area (Å²) in [5, 5.41) is 19.6. The molecule has 33 heavy (non-hydrogen) atoms. The average Bonchev–Trinajstić information content (AvgIpc) is 3.06. The lowest BCUT2D eigenvalue weighted by molar-refractivity contribution is -0.135. The van der Waals surface area contributed by atoms with E-state index in [4.69, 9.17) is 19.9 Å². The van der Waals surface area contributed by atoms with E-state index in [0.717, 1.165) is 0 Å². The van der Waals surface area contributed by atoms with Crippen LogP contribution in [0.1, 0.15) is 44.3 Å². The molecule has 9 heteroatoms. The Balaban J connectivity index is 1.77. The molecule has 1 unspecified atom stereocenters. The van der Waals surface area contributed by atoms with Gasteiger partial charge in [-0.25, -0.2) is 14.4 Å². The maximum atomic E-state index is 13.0. The summed E-state index contributed by atoms with van der Waals surface area (Å²) >= 11 is 0. The van der Waals surface area contributed by atoms with E-state index in [9.17, 15) is 24.6 Å². The predicted molar refractivity (Wildman–Crippen MR) is 113 cm³/mol. The highest BCUT2D eigenvalue weighted by molar-refractivity contribution is 6.06. The number of fused-ring (bicyclic) bond motifs is 6. The van der Waals surface area contributed by atoms with Crippen LogP contribution in [0, 0.1) is 0 Å². The van der Waals surface area contributed by atoms with E-state index in [1.54, 1.807) is 18.2 Å². The first-order chi connectivity index (χ1) is 15.7. The number of benzene rings is 3. The Morgan fingerprint density at radius 2 is 1.73 bits per heavy atom. The van der Waals surface area contributed by atoms with Crippen molar-refractivity contribution in [3.05, 3.63) is 82.4 Å². The standard InChI is InChI=1S/C24H17NO8/c1-11(25)22(29)31-13-6-8-16-19(10-13)32-18-9-12(26)5-7-15(18)24(16)17-4-2-3-14(21(27)28)20(17)23(30)33-24/h2-11,26H,25H2,1H3,(H,27,28)/t11-,24?/m0/s1. The number of ether oxygens (including phenoxy) is 3. The number of phenols is 1. The maximum Gasteiger partial charge on any atom is 0.341 e. The lowest BCUT2D eigenvalue weighted by Gasteiger charge is -2.36. The van der Waals surface area contributed by atoms with Gasteiger partial charge >= 0.3 is 17.9 Å². The number of carbonyl (C=O) groups excluding carboxylic acids is 2. The number of hydrogen-bond donors (Lipinski definition) is 3. The Hall–Kier alpha value is -4.37. The number of phenolic OH excluding ortho intramolecular Hbond substituents is 1. The summed E-state index contributed by atoms with van der Waals surface area (Å²) in [5.41, 5.74) is 4.91. The third kappa shape index (κ3) is 2.94. The molecule has 3 aromatic rings.